The zero-order valence-electron chi connectivity index (χ0n) is 16.0. The lowest BCUT2D eigenvalue weighted by Crippen LogP contribution is -2.30. The Bertz CT molecular complexity index is 974. The maximum absolute atomic E-state index is 12.5. The largest absolute Gasteiger partial charge is 0.573 e. The number of nitrogens with one attached hydrogen (secondary N) is 1. The summed E-state index contributed by atoms with van der Waals surface area (Å²) in [6.07, 6.45) is -1.35. The van der Waals surface area contributed by atoms with Crippen LogP contribution in [0.1, 0.15) is 6.42 Å². The Morgan fingerprint density at radius 2 is 1.97 bits per heavy atom. The summed E-state index contributed by atoms with van der Waals surface area (Å²) in [5.41, 5.74) is -0.389. The van der Waals surface area contributed by atoms with Crippen LogP contribution in [0, 0.1) is 0 Å². The molecule has 0 aliphatic heterocycles. The highest BCUT2D eigenvalue weighted by Crippen LogP contribution is 2.24. The summed E-state index contributed by atoms with van der Waals surface area (Å²) in [6.45, 7) is -0.0361. The molecule has 0 saturated heterocycles. The number of hydrazone groups is 1. The van der Waals surface area contributed by atoms with Gasteiger partial charge in [-0.15, -0.1) is 13.2 Å². The monoisotopic (exact) mass is 446 g/mol. The van der Waals surface area contributed by atoms with Crippen molar-refractivity contribution in [2.24, 2.45) is 15.9 Å². The number of carboxylic acid groups (broad SMARTS) is 1. The summed E-state index contributed by atoms with van der Waals surface area (Å²) in [5.74, 6) is 3.58. The number of aliphatic imine (C=N–C) groups is 1. The van der Waals surface area contributed by atoms with Gasteiger partial charge in [-0.1, -0.05) is 0 Å². The molecule has 1 heterocycles. The van der Waals surface area contributed by atoms with Crippen LogP contribution >= 0.6 is 0 Å². The highest BCUT2D eigenvalue weighted by molar-refractivity contribution is 6.30. The summed E-state index contributed by atoms with van der Waals surface area (Å²) < 4.78 is 50.9. The van der Waals surface area contributed by atoms with Crippen LogP contribution in [-0.4, -0.2) is 52.8 Å². The molecule has 0 spiro atoms. The number of benzene rings is 1. The fourth-order valence-corrected chi connectivity index (χ4v) is 2.02. The fourth-order valence-electron chi connectivity index (χ4n) is 2.02. The minimum absolute atomic E-state index is 0.0361. The number of aliphatic carboxylic acids is 1. The van der Waals surface area contributed by atoms with Gasteiger partial charge in [-0.05, 0) is 24.3 Å². The van der Waals surface area contributed by atoms with Gasteiger partial charge < -0.3 is 21.0 Å². The number of nitrogens with two attached hydrogens (primary N) is 1. The van der Waals surface area contributed by atoms with Crippen LogP contribution in [0.4, 0.5) is 29.1 Å². The van der Waals surface area contributed by atoms with Crippen LogP contribution in [0.25, 0.3) is 0 Å². The molecule has 0 fully saturated rings. The molecule has 0 bridgehead atoms. The van der Waals surface area contributed by atoms with E-state index < -0.39 is 23.6 Å². The highest BCUT2D eigenvalue weighted by Gasteiger charge is 2.30. The van der Waals surface area contributed by atoms with Crippen LogP contribution in [0.3, 0.4) is 0 Å². The van der Waals surface area contributed by atoms with Crippen molar-refractivity contribution < 1.29 is 32.2 Å². The van der Waals surface area contributed by atoms with Crippen LogP contribution < -0.4 is 21.5 Å². The Morgan fingerprint density at radius 3 is 2.52 bits per heavy atom. The SMILES string of the molecule is CF.N/N=C(\C=NCCC(=O)O)n1ccnc(Nc2ccc(OC(F)(F)F)cc2)c1=O. The minimum Gasteiger partial charge on any atom is -0.481 e. The molecule has 31 heavy (non-hydrogen) atoms. The Morgan fingerprint density at radius 1 is 1.32 bits per heavy atom. The van der Waals surface area contributed by atoms with Gasteiger partial charge in [-0.25, -0.2) is 4.98 Å². The standard InChI is InChI=1S/C16H15F3N6O4.CH3F/c17-16(18,19)29-11-3-1-10(2-4-11)23-14-15(28)25(8-7-22-14)12(24-20)9-21-6-5-13(26)27;1-2/h1-4,7-9H,5-6,20H2,(H,22,23)(H,26,27);1H3/b21-9?,24-12+;. The normalized spacial score (nSPS) is 11.6. The number of hydrogen-bond donors (Lipinski definition) is 3. The Labute approximate surface area is 172 Å². The number of ether oxygens (including phenoxy) is 1. The Hall–Kier alpha value is -3.97. The lowest BCUT2D eigenvalue weighted by Gasteiger charge is -2.10. The second kappa shape index (κ2) is 11.9. The molecule has 2 rings (SSSR count). The molecule has 168 valence electrons. The summed E-state index contributed by atoms with van der Waals surface area (Å²) in [4.78, 5) is 30.7. The van der Waals surface area contributed by atoms with Gasteiger partial charge in [0.05, 0.1) is 19.8 Å². The summed E-state index contributed by atoms with van der Waals surface area (Å²) in [5, 5.41) is 14.7. The fraction of sp³-hybridized carbons (Fsp3) is 0.235. The molecule has 0 amide bonds. The first-order chi connectivity index (χ1) is 14.7. The van der Waals surface area contributed by atoms with Gasteiger partial charge in [-0.2, -0.15) is 5.10 Å². The molecule has 0 aliphatic rings. The Balaban J connectivity index is 0.00000233. The molecular weight excluding hydrogens is 428 g/mol. The number of aromatic nitrogens is 2. The van der Waals surface area contributed by atoms with E-state index in [4.69, 9.17) is 10.9 Å². The first-order valence-electron chi connectivity index (χ1n) is 8.28. The molecule has 2 aromatic rings. The average molecular weight is 446 g/mol. The van der Waals surface area contributed by atoms with Crippen molar-refractivity contribution in [1.29, 1.82) is 0 Å². The van der Waals surface area contributed by atoms with Crippen molar-refractivity contribution in [3.05, 3.63) is 47.0 Å². The van der Waals surface area contributed by atoms with E-state index in [1.165, 1.54) is 24.5 Å². The average Bonchev–Trinajstić information content (AvgIpc) is 2.72. The summed E-state index contributed by atoms with van der Waals surface area (Å²) in [6, 6.07) is 4.67. The van der Waals surface area contributed by atoms with Gasteiger partial charge in [-0.3, -0.25) is 23.5 Å². The molecular formula is C17H18F4N6O4. The maximum Gasteiger partial charge on any atom is 0.573 e. The zero-order chi connectivity index (χ0) is 23.4. The van der Waals surface area contributed by atoms with E-state index in [2.05, 4.69) is 25.1 Å². The van der Waals surface area contributed by atoms with E-state index in [1.807, 2.05) is 0 Å². The quantitative estimate of drug-likeness (QED) is 0.194. The minimum atomic E-state index is -4.81. The van der Waals surface area contributed by atoms with Gasteiger partial charge in [0.2, 0.25) is 0 Å². The zero-order valence-corrected chi connectivity index (χ0v) is 16.0. The maximum atomic E-state index is 12.5. The molecule has 0 radical (unpaired) electrons. The van der Waals surface area contributed by atoms with E-state index >= 15 is 0 Å². The third-order valence-electron chi connectivity index (χ3n) is 3.23. The molecule has 0 unspecified atom stereocenters. The van der Waals surface area contributed by atoms with Gasteiger partial charge in [0.25, 0.3) is 5.56 Å². The smallest absolute Gasteiger partial charge is 0.481 e. The van der Waals surface area contributed by atoms with E-state index in [0.29, 0.717) is 7.18 Å². The van der Waals surface area contributed by atoms with E-state index in [9.17, 15) is 27.2 Å². The number of nitrogens with zero attached hydrogens (tertiary/aromatic N) is 4. The molecule has 10 nitrogen and oxygen atoms in total. The summed E-state index contributed by atoms with van der Waals surface area (Å²) >= 11 is 0. The second-order valence-electron chi connectivity index (χ2n) is 5.31. The van der Waals surface area contributed by atoms with Crippen molar-refractivity contribution in [2.75, 3.05) is 19.0 Å². The number of anilines is 2. The first-order valence-corrected chi connectivity index (χ1v) is 8.28. The van der Waals surface area contributed by atoms with Crippen molar-refractivity contribution >= 4 is 29.5 Å². The third-order valence-corrected chi connectivity index (χ3v) is 3.23. The lowest BCUT2D eigenvalue weighted by atomic mass is 10.3. The predicted octanol–water partition coefficient (Wildman–Crippen LogP) is 2.14. The number of carboxylic acids is 1. The molecule has 0 atom stereocenters. The van der Waals surface area contributed by atoms with Crippen LogP contribution in [0.2, 0.25) is 0 Å². The van der Waals surface area contributed by atoms with Crippen molar-refractivity contribution in [1.82, 2.24) is 9.55 Å². The molecule has 14 heteroatoms. The molecule has 4 N–H and O–H groups in total. The van der Waals surface area contributed by atoms with Crippen LogP contribution in [-0.2, 0) is 4.79 Å². The Kier molecular flexibility index (Phi) is 9.62. The molecule has 0 aliphatic carbocycles. The highest BCUT2D eigenvalue weighted by atomic mass is 19.4. The lowest BCUT2D eigenvalue weighted by molar-refractivity contribution is -0.274. The first kappa shape index (κ1) is 25.1. The number of alkyl halides is 4. The summed E-state index contributed by atoms with van der Waals surface area (Å²) in [7, 11) is 0.500. The second-order valence-corrected chi connectivity index (χ2v) is 5.31. The predicted molar refractivity (Wildman–Crippen MR) is 105 cm³/mol. The van der Waals surface area contributed by atoms with E-state index in [-0.39, 0.29) is 30.3 Å². The molecule has 1 aromatic carbocycles. The van der Waals surface area contributed by atoms with Gasteiger partial charge in [0.15, 0.2) is 11.7 Å². The van der Waals surface area contributed by atoms with Gasteiger partial charge in [0, 0.05) is 24.6 Å². The number of halogens is 4. The topological polar surface area (TPSA) is 144 Å². The number of carbonyl (C=O) groups is 1. The van der Waals surface area contributed by atoms with Crippen molar-refractivity contribution in [2.45, 2.75) is 12.8 Å². The van der Waals surface area contributed by atoms with E-state index in [0.717, 1.165) is 22.9 Å². The molecule has 1 aromatic heterocycles. The van der Waals surface area contributed by atoms with Crippen molar-refractivity contribution in [3.8, 4) is 5.75 Å². The number of rotatable bonds is 7. The van der Waals surface area contributed by atoms with Gasteiger partial charge >= 0.3 is 12.3 Å². The number of hydrogen-bond acceptors (Lipinski definition) is 8. The van der Waals surface area contributed by atoms with Crippen LogP contribution in [0.5, 0.6) is 5.75 Å². The molecule has 0 saturated carbocycles. The van der Waals surface area contributed by atoms with E-state index in [1.54, 1.807) is 0 Å². The van der Waals surface area contributed by atoms with Crippen LogP contribution in [0.15, 0.2) is 51.5 Å². The third kappa shape index (κ3) is 8.51. The van der Waals surface area contributed by atoms with Gasteiger partial charge in [0.1, 0.15) is 5.75 Å². The van der Waals surface area contributed by atoms with Crippen molar-refractivity contribution in [3.63, 3.8) is 0 Å².